The third-order valence-corrected chi connectivity index (χ3v) is 1.29. The molecule has 0 fully saturated rings. The first-order chi connectivity index (χ1) is 5.33. The highest BCUT2D eigenvalue weighted by Crippen LogP contribution is 1.98. The van der Waals surface area contributed by atoms with Crippen LogP contribution in [0.5, 0.6) is 0 Å². The Kier molecular flexibility index (Phi) is 2.66. The summed E-state index contributed by atoms with van der Waals surface area (Å²) in [6.07, 6.45) is 1.62. The van der Waals surface area contributed by atoms with Crippen LogP contribution in [-0.2, 0) is 4.84 Å². The van der Waals surface area contributed by atoms with E-state index in [1.807, 2.05) is 25.1 Å². The minimum atomic E-state index is 0.928. The maximum absolute atomic E-state index is 4.53. The molecule has 0 unspecified atom stereocenters. The molecule has 0 bridgehead atoms. The molecule has 0 amide bonds. The Balaban J connectivity index is 2.73. The molecule has 0 aliphatic rings. The van der Waals surface area contributed by atoms with E-state index in [4.69, 9.17) is 0 Å². The first-order valence-corrected chi connectivity index (χ1v) is 3.38. The second-order valence-electron chi connectivity index (χ2n) is 2.24. The van der Waals surface area contributed by atoms with Gasteiger partial charge in [-0.2, -0.15) is 0 Å². The van der Waals surface area contributed by atoms with Crippen LogP contribution in [0.25, 0.3) is 0 Å². The summed E-state index contributed by atoms with van der Waals surface area (Å²) in [6.45, 7) is 2.02. The van der Waals surface area contributed by atoms with Gasteiger partial charge in [0.05, 0.1) is 6.21 Å². The maximum Gasteiger partial charge on any atom is 0.106 e. The number of hydrogen-bond donors (Lipinski definition) is 0. The standard InChI is InChI=1S/C9H10NO/c1-8-3-5-9(6-4-8)7-10-11-2/h3-5,7H,1-2H3. The minimum Gasteiger partial charge on any atom is -0.399 e. The Bertz CT molecular complexity index is 238. The van der Waals surface area contributed by atoms with Crippen molar-refractivity contribution in [1.29, 1.82) is 0 Å². The van der Waals surface area contributed by atoms with E-state index in [0.29, 0.717) is 0 Å². The fourth-order valence-electron chi connectivity index (χ4n) is 0.704. The largest absolute Gasteiger partial charge is 0.399 e. The molecule has 0 aliphatic heterocycles. The van der Waals surface area contributed by atoms with Crippen molar-refractivity contribution >= 4 is 6.21 Å². The van der Waals surface area contributed by atoms with Gasteiger partial charge in [0.15, 0.2) is 0 Å². The van der Waals surface area contributed by atoms with E-state index in [1.165, 1.54) is 12.7 Å². The topological polar surface area (TPSA) is 21.6 Å². The Morgan fingerprint density at radius 3 is 2.91 bits per heavy atom. The third-order valence-electron chi connectivity index (χ3n) is 1.29. The maximum atomic E-state index is 4.53. The molecule has 0 heterocycles. The van der Waals surface area contributed by atoms with E-state index in [2.05, 4.69) is 16.1 Å². The van der Waals surface area contributed by atoms with Crippen LogP contribution in [0.15, 0.2) is 23.4 Å². The van der Waals surface area contributed by atoms with Gasteiger partial charge >= 0.3 is 0 Å². The summed E-state index contributed by atoms with van der Waals surface area (Å²) >= 11 is 0. The number of nitrogens with zero attached hydrogens (tertiary/aromatic N) is 1. The Hall–Kier alpha value is -1.31. The summed E-state index contributed by atoms with van der Waals surface area (Å²) in [4.78, 5) is 4.53. The predicted molar refractivity (Wildman–Crippen MR) is 44.6 cm³/mol. The van der Waals surface area contributed by atoms with Crippen molar-refractivity contribution in [2.75, 3.05) is 7.11 Å². The molecule has 1 aromatic rings. The fraction of sp³-hybridized carbons (Fsp3) is 0.222. The zero-order chi connectivity index (χ0) is 8.10. The molecule has 57 valence electrons. The number of benzene rings is 1. The summed E-state index contributed by atoms with van der Waals surface area (Å²) in [7, 11) is 1.52. The number of oxime groups is 1. The van der Waals surface area contributed by atoms with Crippen molar-refractivity contribution in [2.24, 2.45) is 5.16 Å². The minimum absolute atomic E-state index is 0.928. The summed E-state index contributed by atoms with van der Waals surface area (Å²) < 4.78 is 0. The van der Waals surface area contributed by atoms with E-state index in [9.17, 15) is 0 Å². The Labute approximate surface area is 66.5 Å². The van der Waals surface area contributed by atoms with Gasteiger partial charge in [-0.25, -0.2) is 0 Å². The van der Waals surface area contributed by atoms with E-state index in [1.54, 1.807) is 6.21 Å². The van der Waals surface area contributed by atoms with Crippen molar-refractivity contribution in [3.63, 3.8) is 0 Å². The van der Waals surface area contributed by atoms with Gasteiger partial charge in [0.25, 0.3) is 0 Å². The van der Waals surface area contributed by atoms with Gasteiger partial charge in [-0.3, -0.25) is 0 Å². The molecule has 1 rings (SSSR count). The number of aryl methyl sites for hydroxylation is 1. The molecule has 11 heavy (non-hydrogen) atoms. The van der Waals surface area contributed by atoms with Crippen molar-refractivity contribution in [1.82, 2.24) is 0 Å². The van der Waals surface area contributed by atoms with Gasteiger partial charge in [-0.15, -0.1) is 0 Å². The van der Waals surface area contributed by atoms with Crippen LogP contribution < -0.4 is 0 Å². The second-order valence-corrected chi connectivity index (χ2v) is 2.24. The second kappa shape index (κ2) is 3.76. The highest BCUT2D eigenvalue weighted by atomic mass is 16.6. The summed E-state index contributed by atoms with van der Waals surface area (Å²) in [6, 6.07) is 8.91. The van der Waals surface area contributed by atoms with Crippen molar-refractivity contribution < 1.29 is 4.84 Å². The molecule has 0 N–H and O–H groups in total. The van der Waals surface area contributed by atoms with Gasteiger partial charge < -0.3 is 4.84 Å². The van der Waals surface area contributed by atoms with Gasteiger partial charge in [-0.05, 0) is 13.0 Å². The van der Waals surface area contributed by atoms with Crippen LogP contribution in [0.4, 0.5) is 0 Å². The van der Waals surface area contributed by atoms with Crippen LogP contribution in [0.2, 0.25) is 0 Å². The van der Waals surface area contributed by atoms with Crippen LogP contribution in [-0.4, -0.2) is 13.3 Å². The zero-order valence-corrected chi connectivity index (χ0v) is 6.66. The number of rotatable bonds is 2. The lowest BCUT2D eigenvalue weighted by Gasteiger charge is -1.91. The monoisotopic (exact) mass is 148 g/mol. The quantitative estimate of drug-likeness (QED) is 0.462. The van der Waals surface area contributed by atoms with Gasteiger partial charge in [0.2, 0.25) is 0 Å². The summed E-state index contributed by atoms with van der Waals surface area (Å²) in [5.41, 5.74) is 2.12. The van der Waals surface area contributed by atoms with Crippen LogP contribution in [0.1, 0.15) is 11.1 Å². The SMILES string of the molecule is CON=Cc1[c]cc(C)cc1. The smallest absolute Gasteiger partial charge is 0.106 e. The van der Waals surface area contributed by atoms with Gasteiger partial charge in [0, 0.05) is 5.56 Å². The highest BCUT2D eigenvalue weighted by molar-refractivity contribution is 5.78. The molecule has 2 nitrogen and oxygen atoms in total. The molecule has 0 aromatic heterocycles. The van der Waals surface area contributed by atoms with Crippen molar-refractivity contribution in [3.8, 4) is 0 Å². The molecule has 0 atom stereocenters. The fourth-order valence-corrected chi connectivity index (χ4v) is 0.704. The lowest BCUT2D eigenvalue weighted by atomic mass is 10.2. The van der Waals surface area contributed by atoms with Crippen LogP contribution in [0, 0.1) is 13.0 Å². The molecule has 0 aliphatic carbocycles. The first kappa shape index (κ1) is 7.79. The first-order valence-electron chi connectivity index (χ1n) is 3.38. The van der Waals surface area contributed by atoms with Crippen LogP contribution in [0.3, 0.4) is 0 Å². The molecule has 1 aromatic carbocycles. The molecule has 2 heteroatoms. The molecule has 1 radical (unpaired) electrons. The summed E-state index contributed by atoms with van der Waals surface area (Å²) in [5.74, 6) is 0. The predicted octanol–water partition coefficient (Wildman–Crippen LogP) is 1.78. The third kappa shape index (κ3) is 2.42. The van der Waals surface area contributed by atoms with Gasteiger partial charge in [0.1, 0.15) is 7.11 Å². The molecule has 0 spiro atoms. The van der Waals surface area contributed by atoms with E-state index in [0.717, 1.165) is 5.56 Å². The zero-order valence-electron chi connectivity index (χ0n) is 6.66. The Morgan fingerprint density at radius 1 is 1.55 bits per heavy atom. The summed E-state index contributed by atoms with van der Waals surface area (Å²) in [5, 5.41) is 3.62. The molecule has 0 saturated carbocycles. The lowest BCUT2D eigenvalue weighted by Crippen LogP contribution is -1.81. The Morgan fingerprint density at radius 2 is 2.36 bits per heavy atom. The average molecular weight is 148 g/mol. The molecular weight excluding hydrogens is 138 g/mol. The highest BCUT2D eigenvalue weighted by Gasteiger charge is 1.86. The molecule has 0 saturated heterocycles. The molecular formula is C9H10NO. The normalized spacial score (nSPS) is 10.4. The van der Waals surface area contributed by atoms with Crippen molar-refractivity contribution in [2.45, 2.75) is 6.92 Å². The van der Waals surface area contributed by atoms with Gasteiger partial charge in [-0.1, -0.05) is 28.9 Å². The van der Waals surface area contributed by atoms with E-state index in [-0.39, 0.29) is 0 Å². The van der Waals surface area contributed by atoms with Crippen molar-refractivity contribution in [3.05, 3.63) is 35.4 Å². The van der Waals surface area contributed by atoms with E-state index >= 15 is 0 Å². The number of hydrogen-bond acceptors (Lipinski definition) is 2. The average Bonchev–Trinajstić information content (AvgIpc) is 2.04. The lowest BCUT2D eigenvalue weighted by molar-refractivity contribution is 0.215. The van der Waals surface area contributed by atoms with E-state index < -0.39 is 0 Å². The van der Waals surface area contributed by atoms with Crippen LogP contribution >= 0.6 is 0 Å².